The number of nitrogens with one attached hydrogen (secondary N) is 1. The number of aromatic amines is 1. The summed E-state index contributed by atoms with van der Waals surface area (Å²) < 4.78 is 14.9. The summed E-state index contributed by atoms with van der Waals surface area (Å²) in [5.74, 6) is 1.37. The smallest absolute Gasteiger partial charge is 0.326 e. The van der Waals surface area contributed by atoms with E-state index in [0.717, 1.165) is 87.1 Å². The first-order valence-electron chi connectivity index (χ1n) is 13.1. The summed E-state index contributed by atoms with van der Waals surface area (Å²) in [6.07, 6.45) is 8.77. The average molecular weight is 491 g/mol. The van der Waals surface area contributed by atoms with Crippen LogP contribution in [0, 0.1) is 5.92 Å². The van der Waals surface area contributed by atoms with Gasteiger partial charge in [0.25, 0.3) is 0 Å². The molecular formula is C27H34N6O3. The van der Waals surface area contributed by atoms with Crippen molar-refractivity contribution in [1.29, 1.82) is 0 Å². The van der Waals surface area contributed by atoms with E-state index in [2.05, 4.69) is 39.0 Å². The zero-order valence-corrected chi connectivity index (χ0v) is 21.1. The van der Waals surface area contributed by atoms with E-state index in [1.165, 1.54) is 11.9 Å². The number of methoxy groups -OCH3 is 1. The zero-order chi connectivity index (χ0) is 24.6. The molecule has 3 aromatic heterocycles. The number of ether oxygens (including phenoxy) is 2. The van der Waals surface area contributed by atoms with Crippen molar-refractivity contribution in [3.63, 3.8) is 0 Å². The molecule has 36 heavy (non-hydrogen) atoms. The molecule has 2 fully saturated rings. The number of piperidine rings is 1. The van der Waals surface area contributed by atoms with Crippen molar-refractivity contribution in [1.82, 2.24) is 29.0 Å². The molecular weight excluding hydrogens is 456 g/mol. The van der Waals surface area contributed by atoms with Crippen LogP contribution in [0.5, 0.6) is 5.75 Å². The van der Waals surface area contributed by atoms with E-state index in [1.807, 2.05) is 16.8 Å². The summed E-state index contributed by atoms with van der Waals surface area (Å²) >= 11 is 0. The molecule has 0 unspecified atom stereocenters. The van der Waals surface area contributed by atoms with Crippen molar-refractivity contribution in [3.05, 3.63) is 46.8 Å². The summed E-state index contributed by atoms with van der Waals surface area (Å²) in [4.78, 5) is 23.3. The molecule has 2 aliphatic heterocycles. The second-order valence-electron chi connectivity index (χ2n) is 10.1. The van der Waals surface area contributed by atoms with E-state index in [-0.39, 0.29) is 11.7 Å². The van der Waals surface area contributed by atoms with Crippen LogP contribution < -0.4 is 10.4 Å². The van der Waals surface area contributed by atoms with E-state index >= 15 is 0 Å². The third-order valence-electron chi connectivity index (χ3n) is 7.90. The Morgan fingerprint density at radius 2 is 2.06 bits per heavy atom. The number of imidazole rings is 1. The number of hydrogen-bond donors (Lipinski definition) is 1. The summed E-state index contributed by atoms with van der Waals surface area (Å²) in [5.41, 5.74) is 5.76. The lowest BCUT2D eigenvalue weighted by molar-refractivity contribution is 0.0459. The maximum Gasteiger partial charge on any atom is 0.326 e. The van der Waals surface area contributed by atoms with Gasteiger partial charge in [-0.05, 0) is 73.9 Å². The molecule has 190 valence electrons. The third kappa shape index (κ3) is 4.20. The van der Waals surface area contributed by atoms with Gasteiger partial charge in [0.15, 0.2) is 11.4 Å². The van der Waals surface area contributed by atoms with Crippen molar-refractivity contribution in [2.24, 2.45) is 5.92 Å². The van der Waals surface area contributed by atoms with Crippen LogP contribution in [0.2, 0.25) is 0 Å². The van der Waals surface area contributed by atoms with E-state index < -0.39 is 0 Å². The molecule has 1 N–H and O–H groups in total. The molecule has 2 aliphatic rings. The highest BCUT2D eigenvalue weighted by Gasteiger charge is 2.27. The number of fused-ring (bicyclic) bond motifs is 2. The van der Waals surface area contributed by atoms with Crippen LogP contribution in [0.3, 0.4) is 0 Å². The quantitative estimate of drug-likeness (QED) is 0.444. The Hall–Kier alpha value is -3.17. The maximum atomic E-state index is 13.3. The summed E-state index contributed by atoms with van der Waals surface area (Å²) in [7, 11) is 1.64. The summed E-state index contributed by atoms with van der Waals surface area (Å²) in [6, 6.07) is 6.47. The molecule has 9 heteroatoms. The number of rotatable bonds is 6. The fraction of sp³-hybridized carbons (Fsp3) is 0.519. The van der Waals surface area contributed by atoms with Gasteiger partial charge in [-0.3, -0.25) is 4.57 Å². The van der Waals surface area contributed by atoms with E-state index in [0.29, 0.717) is 17.3 Å². The SMILES string of the molecule is CCc1cc2c(cc1-c1cc(OC)c3ncnn3c1)[nH]c(=O)n2[C@@H]1CCCN(CC2CCOCC2)C1. The van der Waals surface area contributed by atoms with Gasteiger partial charge in [0, 0.05) is 38.1 Å². The molecule has 0 bridgehead atoms. The fourth-order valence-electron chi connectivity index (χ4n) is 6.03. The first-order chi connectivity index (χ1) is 17.6. The second-order valence-corrected chi connectivity index (χ2v) is 10.1. The summed E-state index contributed by atoms with van der Waals surface area (Å²) in [6.45, 7) is 7.05. The van der Waals surface area contributed by atoms with Crippen LogP contribution in [-0.2, 0) is 11.2 Å². The Balaban J connectivity index is 1.35. The highest BCUT2D eigenvalue weighted by atomic mass is 16.5. The van der Waals surface area contributed by atoms with Crippen molar-refractivity contribution in [2.45, 2.75) is 45.1 Å². The minimum atomic E-state index is -0.0218. The minimum Gasteiger partial charge on any atom is -0.493 e. The standard InChI is InChI=1S/C27H34N6O3/c1-3-19-11-24-23(13-22(19)20-12-25(35-2)26-28-17-29-32(26)15-20)30-27(34)33(24)21-5-4-8-31(16-21)14-18-6-9-36-10-7-18/h11-13,15,17-18,21H,3-10,14,16H2,1-2H3,(H,30,34)/t21-/m1/s1. The van der Waals surface area contributed by atoms with E-state index in [1.54, 1.807) is 11.6 Å². The molecule has 0 radical (unpaired) electrons. The number of aromatic nitrogens is 5. The predicted octanol–water partition coefficient (Wildman–Crippen LogP) is 3.67. The van der Waals surface area contributed by atoms with Crippen molar-refractivity contribution < 1.29 is 9.47 Å². The van der Waals surface area contributed by atoms with Crippen molar-refractivity contribution in [3.8, 4) is 16.9 Å². The number of likely N-dealkylation sites (tertiary alicyclic amines) is 1. The van der Waals surface area contributed by atoms with Crippen LogP contribution in [0.25, 0.3) is 27.8 Å². The highest BCUT2D eigenvalue weighted by molar-refractivity contribution is 5.85. The molecule has 4 aromatic rings. The molecule has 0 spiro atoms. The molecule has 0 saturated carbocycles. The van der Waals surface area contributed by atoms with Gasteiger partial charge in [0.1, 0.15) is 6.33 Å². The topological polar surface area (TPSA) is 89.7 Å². The lowest BCUT2D eigenvalue weighted by Gasteiger charge is -2.36. The molecule has 1 atom stereocenters. The van der Waals surface area contributed by atoms with Crippen LogP contribution in [0.4, 0.5) is 0 Å². The molecule has 1 aromatic carbocycles. The van der Waals surface area contributed by atoms with E-state index in [4.69, 9.17) is 9.47 Å². The van der Waals surface area contributed by atoms with Gasteiger partial charge in [-0.1, -0.05) is 6.92 Å². The lowest BCUT2D eigenvalue weighted by atomic mass is 9.96. The van der Waals surface area contributed by atoms with Gasteiger partial charge < -0.3 is 19.4 Å². The highest BCUT2D eigenvalue weighted by Crippen LogP contribution is 2.33. The monoisotopic (exact) mass is 490 g/mol. The van der Waals surface area contributed by atoms with Crippen LogP contribution in [0.15, 0.2) is 35.5 Å². The Morgan fingerprint density at radius 3 is 2.86 bits per heavy atom. The van der Waals surface area contributed by atoms with Crippen LogP contribution in [-0.4, -0.2) is 69.0 Å². The van der Waals surface area contributed by atoms with Crippen LogP contribution >= 0.6 is 0 Å². The molecule has 9 nitrogen and oxygen atoms in total. The van der Waals surface area contributed by atoms with Gasteiger partial charge >= 0.3 is 5.69 Å². The summed E-state index contributed by atoms with van der Waals surface area (Å²) in [5, 5.41) is 4.31. The third-order valence-corrected chi connectivity index (χ3v) is 7.90. The number of pyridine rings is 1. The normalized spacial score (nSPS) is 19.9. The van der Waals surface area contributed by atoms with Gasteiger partial charge in [-0.2, -0.15) is 5.10 Å². The average Bonchev–Trinajstić information content (AvgIpc) is 3.51. The molecule has 5 heterocycles. The Bertz CT molecular complexity index is 1430. The first-order valence-corrected chi connectivity index (χ1v) is 13.1. The van der Waals surface area contributed by atoms with E-state index in [9.17, 15) is 4.79 Å². The number of aryl methyl sites for hydroxylation is 1. The predicted molar refractivity (Wildman–Crippen MR) is 139 cm³/mol. The first kappa shape index (κ1) is 23.2. The second kappa shape index (κ2) is 9.71. The molecule has 0 amide bonds. The molecule has 0 aliphatic carbocycles. The van der Waals surface area contributed by atoms with Crippen molar-refractivity contribution >= 4 is 16.7 Å². The number of nitrogens with zero attached hydrogens (tertiary/aromatic N) is 5. The molecule has 6 rings (SSSR count). The number of benzene rings is 1. The molecule has 2 saturated heterocycles. The Kier molecular flexibility index (Phi) is 6.27. The maximum absolute atomic E-state index is 13.3. The van der Waals surface area contributed by atoms with Gasteiger partial charge in [-0.15, -0.1) is 0 Å². The fourth-order valence-corrected chi connectivity index (χ4v) is 6.03. The van der Waals surface area contributed by atoms with Crippen molar-refractivity contribution in [2.75, 3.05) is 40.0 Å². The number of H-pyrrole nitrogens is 1. The Labute approximate surface area is 210 Å². The van der Waals surface area contributed by atoms with Gasteiger partial charge in [-0.25, -0.2) is 14.3 Å². The van der Waals surface area contributed by atoms with Gasteiger partial charge in [0.2, 0.25) is 0 Å². The minimum absolute atomic E-state index is 0.0218. The largest absolute Gasteiger partial charge is 0.493 e. The Morgan fingerprint density at radius 1 is 1.19 bits per heavy atom. The van der Waals surface area contributed by atoms with Crippen LogP contribution in [0.1, 0.15) is 44.2 Å². The zero-order valence-electron chi connectivity index (χ0n) is 21.1. The number of hydrogen-bond acceptors (Lipinski definition) is 6. The van der Waals surface area contributed by atoms with Gasteiger partial charge in [0.05, 0.1) is 24.2 Å². The lowest BCUT2D eigenvalue weighted by Crippen LogP contribution is -2.42.